The van der Waals surface area contributed by atoms with E-state index in [-0.39, 0.29) is 11.9 Å². The van der Waals surface area contributed by atoms with Gasteiger partial charge in [-0.25, -0.2) is 4.98 Å². The fourth-order valence-electron chi connectivity index (χ4n) is 3.35. The number of amides is 1. The zero-order chi connectivity index (χ0) is 17.2. The smallest absolute Gasteiger partial charge is 0.230 e. The van der Waals surface area contributed by atoms with Crippen LogP contribution in [-0.2, 0) is 17.0 Å². The van der Waals surface area contributed by atoms with Gasteiger partial charge in [-0.05, 0) is 37.5 Å². The summed E-state index contributed by atoms with van der Waals surface area (Å²) >= 11 is 1.59. The highest BCUT2D eigenvalue weighted by molar-refractivity contribution is 7.99. The summed E-state index contributed by atoms with van der Waals surface area (Å²) < 4.78 is 7.51. The molecule has 1 N–H and O–H groups in total. The van der Waals surface area contributed by atoms with Gasteiger partial charge in [0.2, 0.25) is 5.91 Å². The second-order valence-electron chi connectivity index (χ2n) is 6.51. The Hall–Kier alpha value is -2.21. The van der Waals surface area contributed by atoms with E-state index in [2.05, 4.69) is 29.5 Å². The van der Waals surface area contributed by atoms with E-state index in [0.717, 1.165) is 47.7 Å². The number of carbonyl (C=O) groups excluding carboxylic acids is 1. The maximum Gasteiger partial charge on any atom is 0.230 e. The standard InChI is InChI=1S/C19H21N3O2S/c1-13-5-6-18-20-14(10-22(18)9-13)11-25-12-19(23)21-16-3-2-4-17-15(16)7-8-24-17/h5-10,16H,2-4,11-12H2,1H3,(H,21,23). The summed E-state index contributed by atoms with van der Waals surface area (Å²) in [6.45, 7) is 2.06. The number of imidazole rings is 1. The molecule has 1 aliphatic rings. The number of hydrogen-bond donors (Lipinski definition) is 1. The number of nitrogens with one attached hydrogen (secondary N) is 1. The fraction of sp³-hybridized carbons (Fsp3) is 0.368. The lowest BCUT2D eigenvalue weighted by molar-refractivity contribution is -0.119. The molecule has 0 saturated carbocycles. The average Bonchev–Trinajstić information content (AvgIpc) is 3.21. The molecular formula is C19H21N3O2S. The van der Waals surface area contributed by atoms with E-state index in [0.29, 0.717) is 5.75 Å². The normalized spacial score (nSPS) is 16.8. The van der Waals surface area contributed by atoms with Gasteiger partial charge in [0.1, 0.15) is 11.4 Å². The first-order chi connectivity index (χ1) is 12.2. The van der Waals surface area contributed by atoms with Crippen molar-refractivity contribution in [3.63, 3.8) is 0 Å². The van der Waals surface area contributed by atoms with Crippen molar-refractivity contribution in [2.75, 3.05) is 5.75 Å². The van der Waals surface area contributed by atoms with Crippen LogP contribution in [-0.4, -0.2) is 21.0 Å². The number of hydrogen-bond acceptors (Lipinski definition) is 4. The second-order valence-corrected chi connectivity index (χ2v) is 7.49. The Balaban J connectivity index is 1.30. The van der Waals surface area contributed by atoms with Crippen molar-refractivity contribution < 1.29 is 9.21 Å². The molecule has 0 aliphatic heterocycles. The van der Waals surface area contributed by atoms with Gasteiger partial charge in [0.05, 0.1) is 23.8 Å². The molecule has 0 aromatic carbocycles. The molecule has 1 amide bonds. The van der Waals surface area contributed by atoms with Crippen LogP contribution < -0.4 is 5.32 Å². The first kappa shape index (κ1) is 16.3. The van der Waals surface area contributed by atoms with Crippen LogP contribution in [0.5, 0.6) is 0 Å². The maximum absolute atomic E-state index is 12.3. The quantitative estimate of drug-likeness (QED) is 0.759. The zero-order valence-corrected chi connectivity index (χ0v) is 15.0. The monoisotopic (exact) mass is 355 g/mol. The summed E-state index contributed by atoms with van der Waals surface area (Å²) in [6, 6.07) is 6.14. The van der Waals surface area contributed by atoms with Crippen LogP contribution in [0.3, 0.4) is 0 Å². The number of fused-ring (bicyclic) bond motifs is 2. The molecule has 0 spiro atoms. The summed E-state index contributed by atoms with van der Waals surface area (Å²) in [4.78, 5) is 16.8. The lowest BCUT2D eigenvalue weighted by Gasteiger charge is -2.22. The molecule has 3 heterocycles. The third kappa shape index (κ3) is 3.58. The fourth-order valence-corrected chi connectivity index (χ4v) is 4.06. The molecule has 25 heavy (non-hydrogen) atoms. The summed E-state index contributed by atoms with van der Waals surface area (Å²) in [6.07, 6.45) is 8.82. The molecule has 0 bridgehead atoms. The molecule has 130 valence electrons. The number of nitrogens with zero attached hydrogens (tertiary/aromatic N) is 2. The van der Waals surface area contributed by atoms with Crippen molar-refractivity contribution in [1.29, 1.82) is 0 Å². The minimum Gasteiger partial charge on any atom is -0.469 e. The molecule has 6 heteroatoms. The van der Waals surface area contributed by atoms with Gasteiger partial charge in [-0.1, -0.05) is 6.07 Å². The van der Waals surface area contributed by atoms with Crippen molar-refractivity contribution in [2.24, 2.45) is 0 Å². The molecule has 1 atom stereocenters. The summed E-state index contributed by atoms with van der Waals surface area (Å²) in [5.74, 6) is 2.26. The van der Waals surface area contributed by atoms with Crippen LogP contribution >= 0.6 is 11.8 Å². The third-order valence-corrected chi connectivity index (χ3v) is 5.49. The molecule has 1 aliphatic carbocycles. The van der Waals surface area contributed by atoms with Crippen LogP contribution in [0.15, 0.2) is 41.3 Å². The van der Waals surface area contributed by atoms with E-state index in [4.69, 9.17) is 4.42 Å². The number of carbonyl (C=O) groups is 1. The van der Waals surface area contributed by atoms with Gasteiger partial charge in [0.15, 0.2) is 0 Å². The second kappa shape index (κ2) is 6.96. The first-order valence-corrected chi connectivity index (χ1v) is 9.72. The lowest BCUT2D eigenvalue weighted by atomic mass is 9.93. The summed E-state index contributed by atoms with van der Waals surface area (Å²) in [5.41, 5.74) is 4.29. The molecule has 0 saturated heterocycles. The number of pyridine rings is 1. The largest absolute Gasteiger partial charge is 0.469 e. The van der Waals surface area contributed by atoms with E-state index < -0.39 is 0 Å². The zero-order valence-electron chi connectivity index (χ0n) is 14.2. The van der Waals surface area contributed by atoms with Gasteiger partial charge in [-0.2, -0.15) is 0 Å². The summed E-state index contributed by atoms with van der Waals surface area (Å²) in [7, 11) is 0. The molecule has 3 aromatic rings. The minimum atomic E-state index is 0.0728. The van der Waals surface area contributed by atoms with Gasteiger partial charge in [0.25, 0.3) is 0 Å². The highest BCUT2D eigenvalue weighted by Gasteiger charge is 2.23. The van der Waals surface area contributed by atoms with E-state index in [1.165, 1.54) is 5.56 Å². The first-order valence-electron chi connectivity index (χ1n) is 8.56. The van der Waals surface area contributed by atoms with E-state index >= 15 is 0 Å². The molecule has 0 radical (unpaired) electrons. The van der Waals surface area contributed by atoms with Gasteiger partial charge in [-0.3, -0.25) is 4.79 Å². The minimum absolute atomic E-state index is 0.0728. The van der Waals surface area contributed by atoms with Crippen molar-refractivity contribution >= 4 is 23.3 Å². The topological polar surface area (TPSA) is 59.5 Å². The van der Waals surface area contributed by atoms with Crippen LogP contribution in [0.25, 0.3) is 5.65 Å². The van der Waals surface area contributed by atoms with Crippen molar-refractivity contribution in [2.45, 2.75) is 38.0 Å². The molecule has 5 nitrogen and oxygen atoms in total. The Morgan fingerprint density at radius 3 is 3.24 bits per heavy atom. The van der Waals surface area contributed by atoms with Gasteiger partial charge >= 0.3 is 0 Å². The van der Waals surface area contributed by atoms with E-state index in [9.17, 15) is 4.79 Å². The van der Waals surface area contributed by atoms with E-state index in [1.54, 1.807) is 18.0 Å². The van der Waals surface area contributed by atoms with Crippen molar-refractivity contribution in [3.05, 3.63) is 59.4 Å². The lowest BCUT2D eigenvalue weighted by Crippen LogP contribution is -2.31. The molecular weight excluding hydrogens is 334 g/mol. The highest BCUT2D eigenvalue weighted by Crippen LogP contribution is 2.30. The Morgan fingerprint density at radius 2 is 2.32 bits per heavy atom. The Labute approximate surface area is 150 Å². The van der Waals surface area contributed by atoms with Crippen LogP contribution in [0, 0.1) is 6.92 Å². The predicted octanol–water partition coefficient (Wildman–Crippen LogP) is 3.66. The average molecular weight is 355 g/mol. The molecule has 0 fully saturated rings. The van der Waals surface area contributed by atoms with Crippen LogP contribution in [0.1, 0.15) is 41.5 Å². The van der Waals surface area contributed by atoms with Crippen molar-refractivity contribution in [1.82, 2.24) is 14.7 Å². The number of aromatic nitrogens is 2. The predicted molar refractivity (Wildman–Crippen MR) is 98.6 cm³/mol. The number of rotatable bonds is 5. The number of thioether (sulfide) groups is 1. The molecule has 1 unspecified atom stereocenters. The molecule has 4 rings (SSSR count). The highest BCUT2D eigenvalue weighted by atomic mass is 32.2. The molecule has 3 aromatic heterocycles. The van der Waals surface area contributed by atoms with Gasteiger partial charge in [-0.15, -0.1) is 11.8 Å². The maximum atomic E-state index is 12.3. The Bertz CT molecular complexity index is 899. The number of aryl methyl sites for hydroxylation is 2. The van der Waals surface area contributed by atoms with Crippen LogP contribution in [0.2, 0.25) is 0 Å². The van der Waals surface area contributed by atoms with Crippen LogP contribution in [0.4, 0.5) is 0 Å². The SMILES string of the molecule is Cc1ccc2nc(CSCC(=O)NC3CCCc4occc43)cn2c1. The number of furan rings is 1. The van der Waals surface area contributed by atoms with Gasteiger partial charge in [0, 0.05) is 30.1 Å². The Morgan fingerprint density at radius 1 is 1.40 bits per heavy atom. The third-order valence-electron chi connectivity index (χ3n) is 4.52. The van der Waals surface area contributed by atoms with E-state index in [1.807, 2.05) is 22.7 Å². The van der Waals surface area contributed by atoms with Crippen molar-refractivity contribution in [3.8, 4) is 0 Å². The van der Waals surface area contributed by atoms with Gasteiger partial charge < -0.3 is 14.1 Å². The summed E-state index contributed by atoms with van der Waals surface area (Å²) in [5, 5.41) is 3.14. The Kier molecular flexibility index (Phi) is 4.53.